The number of aliphatic imine (C=N–C) groups is 1. The van der Waals surface area contributed by atoms with Gasteiger partial charge in [-0.15, -0.1) is 24.0 Å². The fourth-order valence-corrected chi connectivity index (χ4v) is 2.47. The number of hydrogen-bond donors (Lipinski definition) is 2. The monoisotopic (exact) mass is 451 g/mol. The zero-order chi connectivity index (χ0) is 16.2. The topological polar surface area (TPSA) is 72.7 Å². The van der Waals surface area contributed by atoms with Gasteiger partial charge < -0.3 is 20.1 Å². The summed E-state index contributed by atoms with van der Waals surface area (Å²) in [6, 6.07) is 1.94. The summed E-state index contributed by atoms with van der Waals surface area (Å²) in [4.78, 5) is 4.21. The van der Waals surface area contributed by atoms with Crippen molar-refractivity contribution in [3.05, 3.63) is 18.5 Å². The first-order chi connectivity index (χ1) is 11.4. The molecule has 0 bridgehead atoms. The summed E-state index contributed by atoms with van der Waals surface area (Å²) in [6.07, 6.45) is 8.35. The maximum Gasteiger partial charge on any atom is 0.190 e. The van der Waals surface area contributed by atoms with Crippen LogP contribution in [0, 0.1) is 0 Å². The van der Waals surface area contributed by atoms with Crippen LogP contribution >= 0.6 is 24.0 Å². The Balaban J connectivity index is 0.00000288. The Bertz CT molecular complexity index is 436. The molecule has 0 radical (unpaired) electrons. The van der Waals surface area contributed by atoms with Crippen molar-refractivity contribution < 1.29 is 9.47 Å². The molecule has 7 nitrogen and oxygen atoms in total. The Hall–Kier alpha value is -0.870. The van der Waals surface area contributed by atoms with E-state index in [0.717, 1.165) is 71.1 Å². The molecule has 1 unspecified atom stereocenters. The molecule has 1 saturated heterocycles. The Morgan fingerprint density at radius 1 is 1.38 bits per heavy atom. The molecule has 2 rings (SSSR count). The van der Waals surface area contributed by atoms with E-state index in [1.165, 1.54) is 0 Å². The molecule has 0 spiro atoms. The predicted octanol–water partition coefficient (Wildman–Crippen LogP) is 1.64. The van der Waals surface area contributed by atoms with Crippen molar-refractivity contribution in [2.24, 2.45) is 4.99 Å². The van der Waals surface area contributed by atoms with Gasteiger partial charge in [0.05, 0.1) is 12.7 Å². The lowest BCUT2D eigenvalue weighted by Crippen LogP contribution is -2.38. The molecular weight excluding hydrogens is 421 g/mol. The molecule has 0 saturated carbocycles. The average Bonchev–Trinajstić information content (AvgIpc) is 3.26. The molecule has 24 heavy (non-hydrogen) atoms. The number of halogens is 1. The summed E-state index contributed by atoms with van der Waals surface area (Å²) in [7, 11) is 1.79. The van der Waals surface area contributed by atoms with Gasteiger partial charge in [0.2, 0.25) is 0 Å². The van der Waals surface area contributed by atoms with Gasteiger partial charge in [-0.1, -0.05) is 0 Å². The van der Waals surface area contributed by atoms with Crippen molar-refractivity contribution in [3.8, 4) is 0 Å². The van der Waals surface area contributed by atoms with Crippen molar-refractivity contribution in [2.75, 3.05) is 40.0 Å². The average molecular weight is 451 g/mol. The first kappa shape index (κ1) is 21.2. The van der Waals surface area contributed by atoms with Crippen LogP contribution in [0.4, 0.5) is 0 Å². The Kier molecular flexibility index (Phi) is 11.8. The molecule has 1 aliphatic rings. The van der Waals surface area contributed by atoms with Crippen molar-refractivity contribution in [1.82, 2.24) is 20.4 Å². The quantitative estimate of drug-likeness (QED) is 0.245. The van der Waals surface area contributed by atoms with Crippen LogP contribution in [0.1, 0.15) is 25.7 Å². The highest BCUT2D eigenvalue weighted by Gasteiger charge is 2.14. The highest BCUT2D eigenvalue weighted by Crippen LogP contribution is 2.11. The molecule has 8 heteroatoms. The molecule has 1 aliphatic heterocycles. The number of hydrogen-bond acceptors (Lipinski definition) is 4. The fourth-order valence-electron chi connectivity index (χ4n) is 2.47. The van der Waals surface area contributed by atoms with Crippen LogP contribution < -0.4 is 10.6 Å². The molecule has 138 valence electrons. The van der Waals surface area contributed by atoms with Gasteiger partial charge in [-0.05, 0) is 31.7 Å². The summed E-state index contributed by atoms with van der Waals surface area (Å²) in [5, 5.41) is 10.8. The van der Waals surface area contributed by atoms with Crippen LogP contribution in [0.15, 0.2) is 23.5 Å². The van der Waals surface area contributed by atoms with Crippen LogP contribution in [0.5, 0.6) is 0 Å². The number of rotatable bonds is 10. The third-order valence-corrected chi connectivity index (χ3v) is 3.72. The van der Waals surface area contributed by atoms with E-state index >= 15 is 0 Å². The molecule has 2 heterocycles. The van der Waals surface area contributed by atoms with Crippen molar-refractivity contribution >= 4 is 29.9 Å². The van der Waals surface area contributed by atoms with Gasteiger partial charge in [0.25, 0.3) is 0 Å². The van der Waals surface area contributed by atoms with E-state index in [1.54, 1.807) is 13.2 Å². The zero-order valence-corrected chi connectivity index (χ0v) is 16.8. The van der Waals surface area contributed by atoms with Crippen molar-refractivity contribution in [2.45, 2.75) is 38.3 Å². The molecule has 1 aromatic rings. The summed E-state index contributed by atoms with van der Waals surface area (Å²) >= 11 is 0. The van der Waals surface area contributed by atoms with Crippen molar-refractivity contribution in [1.29, 1.82) is 0 Å². The molecule has 1 atom stereocenters. The van der Waals surface area contributed by atoms with Gasteiger partial charge in [-0.3, -0.25) is 9.67 Å². The van der Waals surface area contributed by atoms with Gasteiger partial charge in [0, 0.05) is 52.3 Å². The van der Waals surface area contributed by atoms with Gasteiger partial charge in [0.15, 0.2) is 5.96 Å². The second-order valence-electron chi connectivity index (χ2n) is 5.61. The highest BCUT2D eigenvalue weighted by molar-refractivity contribution is 14.0. The summed E-state index contributed by atoms with van der Waals surface area (Å²) in [5.41, 5.74) is 0. The Morgan fingerprint density at radius 2 is 2.21 bits per heavy atom. The number of aryl methyl sites for hydroxylation is 1. The zero-order valence-electron chi connectivity index (χ0n) is 14.4. The normalized spacial score (nSPS) is 17.5. The molecule has 0 amide bonds. The molecule has 1 fully saturated rings. The standard InChI is InChI=1S/C16H29N5O2.HI/c1-17-16(18-7-3-10-21-11-4-9-20-21)19-8-5-12-22-14-15-6-2-13-23-15;/h4,9,11,15H,2-3,5-8,10,12-14H2,1H3,(H2,17,18,19);1H. The van der Waals surface area contributed by atoms with Crippen molar-refractivity contribution in [3.63, 3.8) is 0 Å². The van der Waals surface area contributed by atoms with E-state index in [4.69, 9.17) is 9.47 Å². The molecule has 2 N–H and O–H groups in total. The minimum Gasteiger partial charge on any atom is -0.379 e. The third kappa shape index (κ3) is 8.84. The van der Waals surface area contributed by atoms with E-state index in [1.807, 2.05) is 16.9 Å². The van der Waals surface area contributed by atoms with E-state index in [0.29, 0.717) is 6.10 Å². The SMILES string of the molecule is CN=C(NCCCOCC1CCCO1)NCCCn1cccn1.I. The first-order valence-corrected chi connectivity index (χ1v) is 8.50. The number of nitrogens with one attached hydrogen (secondary N) is 2. The van der Waals surface area contributed by atoms with Crippen LogP contribution in [0.2, 0.25) is 0 Å². The highest BCUT2D eigenvalue weighted by atomic mass is 127. The number of aromatic nitrogens is 2. The van der Waals surface area contributed by atoms with E-state index in [2.05, 4.69) is 20.7 Å². The lowest BCUT2D eigenvalue weighted by Gasteiger charge is -2.13. The number of guanidine groups is 1. The predicted molar refractivity (Wildman–Crippen MR) is 106 cm³/mol. The van der Waals surface area contributed by atoms with Gasteiger partial charge in [0.1, 0.15) is 0 Å². The summed E-state index contributed by atoms with van der Waals surface area (Å²) < 4.78 is 13.1. The molecular formula is C16H30IN5O2. The fraction of sp³-hybridized carbons (Fsp3) is 0.750. The second kappa shape index (κ2) is 13.4. The minimum atomic E-state index is 0. The van der Waals surface area contributed by atoms with Gasteiger partial charge >= 0.3 is 0 Å². The first-order valence-electron chi connectivity index (χ1n) is 8.50. The van der Waals surface area contributed by atoms with Crippen LogP contribution in [0.25, 0.3) is 0 Å². The molecule has 1 aromatic heterocycles. The number of ether oxygens (including phenoxy) is 2. The molecule has 0 aliphatic carbocycles. The van der Waals surface area contributed by atoms with E-state index in [-0.39, 0.29) is 24.0 Å². The lowest BCUT2D eigenvalue weighted by atomic mass is 10.2. The van der Waals surface area contributed by atoms with Crippen LogP contribution in [-0.4, -0.2) is 61.8 Å². The lowest BCUT2D eigenvalue weighted by molar-refractivity contribution is 0.0168. The second-order valence-corrected chi connectivity index (χ2v) is 5.61. The van der Waals surface area contributed by atoms with Gasteiger partial charge in [-0.2, -0.15) is 5.10 Å². The third-order valence-electron chi connectivity index (χ3n) is 3.72. The largest absolute Gasteiger partial charge is 0.379 e. The smallest absolute Gasteiger partial charge is 0.190 e. The maximum atomic E-state index is 5.64. The summed E-state index contributed by atoms with van der Waals surface area (Å²) in [6.45, 7) is 5.00. The molecule has 0 aromatic carbocycles. The Labute approximate surface area is 161 Å². The van der Waals surface area contributed by atoms with E-state index in [9.17, 15) is 0 Å². The van der Waals surface area contributed by atoms with Crippen LogP contribution in [-0.2, 0) is 16.0 Å². The van der Waals surface area contributed by atoms with Gasteiger partial charge in [-0.25, -0.2) is 0 Å². The summed E-state index contributed by atoms with van der Waals surface area (Å²) in [5.74, 6) is 0.838. The maximum absolute atomic E-state index is 5.64. The number of nitrogens with zero attached hydrogens (tertiary/aromatic N) is 3. The van der Waals surface area contributed by atoms with Crippen LogP contribution in [0.3, 0.4) is 0 Å². The van der Waals surface area contributed by atoms with E-state index < -0.39 is 0 Å². The minimum absolute atomic E-state index is 0. The Morgan fingerprint density at radius 3 is 2.88 bits per heavy atom.